The zero-order valence-corrected chi connectivity index (χ0v) is 18.0. The van der Waals surface area contributed by atoms with Gasteiger partial charge < -0.3 is 10.2 Å². The third kappa shape index (κ3) is 4.59. The fourth-order valence-corrected chi connectivity index (χ4v) is 3.51. The second kappa shape index (κ2) is 9.39. The van der Waals surface area contributed by atoms with Crippen LogP contribution in [0.4, 0.5) is 5.69 Å². The zero-order valence-electron chi connectivity index (χ0n) is 18.0. The van der Waals surface area contributed by atoms with E-state index < -0.39 is 0 Å². The minimum absolute atomic E-state index is 0.00236. The average molecular weight is 405 g/mol. The number of aryl methyl sites for hydroxylation is 1. The second-order valence-electron chi connectivity index (χ2n) is 7.18. The highest BCUT2D eigenvalue weighted by atomic mass is 16.2. The number of anilines is 1. The van der Waals surface area contributed by atoms with Gasteiger partial charge in [0.2, 0.25) is 5.91 Å². The van der Waals surface area contributed by atoms with E-state index in [0.717, 1.165) is 22.6 Å². The van der Waals surface area contributed by atoms with Gasteiger partial charge in [0, 0.05) is 35.6 Å². The number of carbonyl (C=O) groups is 2. The van der Waals surface area contributed by atoms with E-state index in [1.165, 1.54) is 0 Å². The van der Waals surface area contributed by atoms with E-state index >= 15 is 0 Å². The van der Waals surface area contributed by atoms with Gasteiger partial charge in [0.25, 0.3) is 5.91 Å². The quantitative estimate of drug-likeness (QED) is 0.643. The van der Waals surface area contributed by atoms with Gasteiger partial charge >= 0.3 is 0 Å². The van der Waals surface area contributed by atoms with Crippen molar-refractivity contribution in [3.63, 3.8) is 0 Å². The summed E-state index contributed by atoms with van der Waals surface area (Å²) in [6.45, 7) is 9.15. The van der Waals surface area contributed by atoms with E-state index in [4.69, 9.17) is 0 Å². The zero-order chi connectivity index (χ0) is 21.7. The molecule has 3 aromatic rings. The van der Waals surface area contributed by atoms with Gasteiger partial charge in [0.05, 0.1) is 17.8 Å². The van der Waals surface area contributed by atoms with E-state index in [0.29, 0.717) is 24.3 Å². The molecule has 1 N–H and O–H groups in total. The normalized spacial score (nSPS) is 10.7. The summed E-state index contributed by atoms with van der Waals surface area (Å²) < 4.78 is 1.87. The van der Waals surface area contributed by atoms with E-state index in [1.807, 2.05) is 62.7 Å². The molecule has 2 aromatic carbocycles. The lowest BCUT2D eigenvalue weighted by atomic mass is 10.1. The van der Waals surface area contributed by atoms with Gasteiger partial charge in [-0.2, -0.15) is 5.10 Å². The van der Waals surface area contributed by atoms with E-state index in [1.54, 1.807) is 29.2 Å². The third-order valence-corrected chi connectivity index (χ3v) is 5.25. The Morgan fingerprint density at radius 1 is 0.967 bits per heavy atom. The number of amides is 2. The van der Waals surface area contributed by atoms with Crippen LogP contribution in [0.5, 0.6) is 0 Å². The summed E-state index contributed by atoms with van der Waals surface area (Å²) >= 11 is 0. The summed E-state index contributed by atoms with van der Waals surface area (Å²) in [5, 5.41) is 7.51. The first-order valence-corrected chi connectivity index (χ1v) is 10.2. The SMILES string of the molecule is CCN(CC)C(=O)c1ccc(NC(=O)Cc2c(C)nn(-c3ccccc3)c2C)cc1. The molecule has 1 aromatic heterocycles. The fraction of sp³-hybridized carbons (Fsp3) is 0.292. The summed E-state index contributed by atoms with van der Waals surface area (Å²) in [6, 6.07) is 16.9. The highest BCUT2D eigenvalue weighted by Gasteiger charge is 2.17. The number of aromatic nitrogens is 2. The smallest absolute Gasteiger partial charge is 0.253 e. The molecule has 1 heterocycles. The molecule has 0 aliphatic rings. The molecule has 6 nitrogen and oxygen atoms in total. The van der Waals surface area contributed by atoms with Gasteiger partial charge in [-0.15, -0.1) is 0 Å². The van der Waals surface area contributed by atoms with Crippen molar-refractivity contribution < 1.29 is 9.59 Å². The molecule has 0 spiro atoms. The van der Waals surface area contributed by atoms with Gasteiger partial charge in [0.1, 0.15) is 0 Å². The second-order valence-corrected chi connectivity index (χ2v) is 7.18. The molecule has 0 unspecified atom stereocenters. The van der Waals surface area contributed by atoms with E-state index in [2.05, 4.69) is 10.4 Å². The van der Waals surface area contributed by atoms with Gasteiger partial charge in [-0.05, 0) is 64.1 Å². The van der Waals surface area contributed by atoms with Crippen LogP contribution in [0.25, 0.3) is 5.69 Å². The first kappa shape index (κ1) is 21.3. The van der Waals surface area contributed by atoms with Crippen LogP contribution in [0.3, 0.4) is 0 Å². The molecule has 30 heavy (non-hydrogen) atoms. The van der Waals surface area contributed by atoms with Crippen LogP contribution in [0.1, 0.15) is 41.2 Å². The predicted octanol–water partition coefficient (Wildman–Crippen LogP) is 4.15. The fourth-order valence-electron chi connectivity index (χ4n) is 3.51. The molecular weight excluding hydrogens is 376 g/mol. The average Bonchev–Trinajstić information content (AvgIpc) is 3.04. The third-order valence-electron chi connectivity index (χ3n) is 5.25. The number of hydrogen-bond acceptors (Lipinski definition) is 3. The van der Waals surface area contributed by atoms with Crippen molar-refractivity contribution in [2.75, 3.05) is 18.4 Å². The topological polar surface area (TPSA) is 67.2 Å². The van der Waals surface area contributed by atoms with Gasteiger partial charge in [-0.3, -0.25) is 9.59 Å². The number of hydrogen-bond donors (Lipinski definition) is 1. The lowest BCUT2D eigenvalue weighted by Crippen LogP contribution is -2.30. The van der Waals surface area contributed by atoms with Crippen molar-refractivity contribution in [2.45, 2.75) is 34.1 Å². The molecule has 0 fully saturated rings. The Balaban J connectivity index is 1.69. The number of nitrogens with zero attached hydrogens (tertiary/aromatic N) is 3. The Bertz CT molecular complexity index is 1020. The minimum atomic E-state index is -0.114. The molecule has 0 saturated heterocycles. The van der Waals surface area contributed by atoms with Crippen molar-refractivity contribution in [3.05, 3.63) is 77.1 Å². The summed E-state index contributed by atoms with van der Waals surface area (Å²) in [5.74, 6) is -0.117. The molecule has 0 aliphatic heterocycles. The molecule has 3 rings (SSSR count). The summed E-state index contributed by atoms with van der Waals surface area (Å²) in [5.41, 5.74) is 4.97. The number of carbonyl (C=O) groups excluding carboxylic acids is 2. The predicted molar refractivity (Wildman–Crippen MR) is 119 cm³/mol. The van der Waals surface area contributed by atoms with Crippen LogP contribution < -0.4 is 5.32 Å². The van der Waals surface area contributed by atoms with Gasteiger partial charge in [0.15, 0.2) is 0 Å². The van der Waals surface area contributed by atoms with Crippen molar-refractivity contribution in [2.24, 2.45) is 0 Å². The lowest BCUT2D eigenvalue weighted by Gasteiger charge is -2.18. The molecule has 0 atom stereocenters. The molecule has 6 heteroatoms. The first-order chi connectivity index (χ1) is 14.4. The van der Waals surface area contributed by atoms with Gasteiger partial charge in [-0.25, -0.2) is 4.68 Å². The molecular formula is C24H28N4O2. The number of rotatable bonds is 7. The summed E-state index contributed by atoms with van der Waals surface area (Å²) in [7, 11) is 0. The molecule has 2 amide bonds. The monoisotopic (exact) mass is 404 g/mol. The van der Waals surface area contributed by atoms with Crippen LogP contribution >= 0.6 is 0 Å². The first-order valence-electron chi connectivity index (χ1n) is 10.2. The molecule has 0 bridgehead atoms. The Kier molecular flexibility index (Phi) is 6.67. The Labute approximate surface area is 177 Å². The van der Waals surface area contributed by atoms with Gasteiger partial charge in [-0.1, -0.05) is 18.2 Å². The van der Waals surface area contributed by atoms with Crippen LogP contribution in [-0.4, -0.2) is 39.6 Å². The van der Waals surface area contributed by atoms with Crippen LogP contribution in [0.2, 0.25) is 0 Å². The molecule has 0 radical (unpaired) electrons. The Hall–Kier alpha value is -3.41. The Morgan fingerprint density at radius 2 is 1.60 bits per heavy atom. The highest BCUT2D eigenvalue weighted by Crippen LogP contribution is 2.19. The maximum absolute atomic E-state index is 12.6. The van der Waals surface area contributed by atoms with Crippen molar-refractivity contribution in [3.8, 4) is 5.69 Å². The maximum Gasteiger partial charge on any atom is 0.253 e. The van der Waals surface area contributed by atoms with Crippen molar-refractivity contribution in [1.82, 2.24) is 14.7 Å². The largest absolute Gasteiger partial charge is 0.339 e. The minimum Gasteiger partial charge on any atom is -0.339 e. The van der Waals surface area contributed by atoms with Crippen molar-refractivity contribution in [1.29, 1.82) is 0 Å². The lowest BCUT2D eigenvalue weighted by molar-refractivity contribution is -0.115. The van der Waals surface area contributed by atoms with Crippen LogP contribution in [0, 0.1) is 13.8 Å². The Morgan fingerprint density at radius 3 is 2.20 bits per heavy atom. The molecule has 156 valence electrons. The maximum atomic E-state index is 12.6. The number of nitrogens with one attached hydrogen (secondary N) is 1. The number of para-hydroxylation sites is 1. The summed E-state index contributed by atoms with van der Waals surface area (Å²) in [6.07, 6.45) is 0.241. The van der Waals surface area contributed by atoms with Crippen molar-refractivity contribution >= 4 is 17.5 Å². The molecule has 0 saturated carbocycles. The van der Waals surface area contributed by atoms with Crippen LogP contribution in [0.15, 0.2) is 54.6 Å². The van der Waals surface area contributed by atoms with E-state index in [9.17, 15) is 9.59 Å². The summed E-state index contributed by atoms with van der Waals surface area (Å²) in [4.78, 5) is 26.8. The molecule has 0 aliphatic carbocycles. The van der Waals surface area contributed by atoms with E-state index in [-0.39, 0.29) is 18.2 Å². The standard InChI is InChI=1S/C24H28N4O2/c1-5-27(6-2)24(30)19-12-14-20(15-13-19)25-23(29)16-22-17(3)26-28(18(22)4)21-10-8-7-9-11-21/h7-15H,5-6,16H2,1-4H3,(H,25,29). The van der Waals surface area contributed by atoms with Crippen LogP contribution in [-0.2, 0) is 11.2 Å². The highest BCUT2D eigenvalue weighted by molar-refractivity contribution is 5.96. The number of benzene rings is 2.